The van der Waals surface area contributed by atoms with Crippen molar-refractivity contribution in [2.75, 3.05) is 16.8 Å². The van der Waals surface area contributed by atoms with Crippen LogP contribution in [0.5, 0.6) is 0 Å². The molecular weight excluding hydrogens is 399 g/mol. The van der Waals surface area contributed by atoms with Crippen LogP contribution in [0.3, 0.4) is 0 Å². The van der Waals surface area contributed by atoms with Gasteiger partial charge in [0.15, 0.2) is 5.82 Å². The topological polar surface area (TPSA) is 76.5 Å². The van der Waals surface area contributed by atoms with Gasteiger partial charge in [0.1, 0.15) is 5.56 Å². The monoisotopic (exact) mass is 420 g/mol. The number of pyridine rings is 2. The number of hydrogen-bond donors (Lipinski definition) is 1. The van der Waals surface area contributed by atoms with Gasteiger partial charge in [0.05, 0.1) is 25.1 Å². The average molecular weight is 420 g/mol. The van der Waals surface area contributed by atoms with Gasteiger partial charge in [0, 0.05) is 38.2 Å². The molecule has 2 aromatic heterocycles. The summed E-state index contributed by atoms with van der Waals surface area (Å²) in [4.78, 5) is 31.7. The van der Waals surface area contributed by atoms with Crippen LogP contribution < -0.4 is 15.8 Å². The Morgan fingerprint density at radius 3 is 2.87 bits per heavy atom. The number of nitrogens with zero attached hydrogens (tertiary/aromatic N) is 3. The van der Waals surface area contributed by atoms with E-state index in [2.05, 4.69) is 10.3 Å². The highest BCUT2D eigenvalue weighted by atomic mass is 19.1. The molecule has 1 aromatic carbocycles. The molecule has 0 saturated heterocycles. The Hall–Kier alpha value is -3.52. The maximum absolute atomic E-state index is 14.2. The normalized spacial score (nSPS) is 14.8. The Balaban J connectivity index is 1.47. The van der Waals surface area contributed by atoms with E-state index in [1.807, 2.05) is 23.1 Å². The zero-order valence-electron chi connectivity index (χ0n) is 17.0. The third-order valence-corrected chi connectivity index (χ3v) is 5.86. The number of aromatic nitrogens is 2. The number of carbonyl (C=O) groups excluding carboxylic acids is 1. The predicted molar refractivity (Wildman–Crippen MR) is 114 cm³/mol. The molecule has 5 rings (SSSR count). The molecular formula is C23H21FN4O3. The van der Waals surface area contributed by atoms with Crippen LogP contribution in [0.15, 0.2) is 47.7 Å². The Morgan fingerprint density at radius 2 is 2.03 bits per heavy atom. The van der Waals surface area contributed by atoms with Gasteiger partial charge < -0.3 is 19.5 Å². The first-order valence-corrected chi connectivity index (χ1v) is 10.1. The lowest BCUT2D eigenvalue weighted by molar-refractivity contribution is 0.102. The van der Waals surface area contributed by atoms with Crippen molar-refractivity contribution in [3.8, 4) is 0 Å². The molecule has 0 radical (unpaired) electrons. The summed E-state index contributed by atoms with van der Waals surface area (Å²) in [5, 5.41) is 2.87. The van der Waals surface area contributed by atoms with Crippen LogP contribution in [0.25, 0.3) is 0 Å². The number of aryl methyl sites for hydroxylation is 1. The van der Waals surface area contributed by atoms with E-state index in [4.69, 9.17) is 4.74 Å². The summed E-state index contributed by atoms with van der Waals surface area (Å²) in [6, 6.07) is 7.26. The summed E-state index contributed by atoms with van der Waals surface area (Å²) in [5.74, 6) is -0.825. The molecule has 1 N–H and O–H groups in total. The van der Waals surface area contributed by atoms with Gasteiger partial charge >= 0.3 is 0 Å². The van der Waals surface area contributed by atoms with Gasteiger partial charge in [-0.2, -0.15) is 0 Å². The molecule has 2 aliphatic heterocycles. The summed E-state index contributed by atoms with van der Waals surface area (Å²) in [6.07, 6.45) is 4.93. The van der Waals surface area contributed by atoms with Gasteiger partial charge in [-0.05, 0) is 46.9 Å². The number of fused-ring (bicyclic) bond motifs is 2. The Morgan fingerprint density at radius 1 is 1.19 bits per heavy atom. The molecule has 0 atom stereocenters. The van der Waals surface area contributed by atoms with Gasteiger partial charge in [0.25, 0.3) is 11.5 Å². The third-order valence-electron chi connectivity index (χ3n) is 5.86. The molecule has 3 aromatic rings. The first kappa shape index (κ1) is 19.4. The van der Waals surface area contributed by atoms with E-state index in [9.17, 15) is 14.0 Å². The average Bonchev–Trinajstić information content (AvgIpc) is 3.22. The highest BCUT2D eigenvalue weighted by Gasteiger charge is 2.27. The number of nitrogens with one attached hydrogen (secondary N) is 1. The summed E-state index contributed by atoms with van der Waals surface area (Å²) in [6.45, 7) is 1.99. The lowest BCUT2D eigenvalue weighted by atomic mass is 9.95. The van der Waals surface area contributed by atoms with Gasteiger partial charge in [0.2, 0.25) is 0 Å². The summed E-state index contributed by atoms with van der Waals surface area (Å²) in [7, 11) is 1.62. The van der Waals surface area contributed by atoms with Crippen molar-refractivity contribution in [1.82, 2.24) is 9.55 Å². The van der Waals surface area contributed by atoms with E-state index in [-0.39, 0.29) is 11.1 Å². The molecule has 0 spiro atoms. The van der Waals surface area contributed by atoms with Gasteiger partial charge in [-0.25, -0.2) is 4.39 Å². The smallest absolute Gasteiger partial charge is 0.263 e. The predicted octanol–water partition coefficient (Wildman–Crippen LogP) is 2.76. The van der Waals surface area contributed by atoms with Crippen LogP contribution in [0, 0.1) is 5.82 Å². The van der Waals surface area contributed by atoms with Crippen LogP contribution in [0.2, 0.25) is 0 Å². The van der Waals surface area contributed by atoms with E-state index in [0.717, 1.165) is 22.3 Å². The number of carbonyl (C=O) groups is 1. The van der Waals surface area contributed by atoms with Gasteiger partial charge in [-0.3, -0.25) is 14.6 Å². The SMILES string of the molecule is Cn1cc2c(c(C(=O)Nc3ccc4c(c3)COC4)c1=O)CCN(c1ccncc1F)C2. The van der Waals surface area contributed by atoms with E-state index < -0.39 is 11.7 Å². The fraction of sp³-hybridized carbons (Fsp3) is 0.261. The van der Waals surface area contributed by atoms with Crippen molar-refractivity contribution in [3.05, 3.63) is 86.8 Å². The Labute approximate surface area is 178 Å². The molecule has 31 heavy (non-hydrogen) atoms. The number of benzene rings is 1. The van der Waals surface area contributed by atoms with Crippen LogP contribution in [-0.4, -0.2) is 22.0 Å². The minimum atomic E-state index is -0.431. The molecule has 0 unspecified atom stereocenters. The van der Waals surface area contributed by atoms with Crippen molar-refractivity contribution < 1.29 is 13.9 Å². The molecule has 0 fully saturated rings. The first-order chi connectivity index (χ1) is 15.0. The minimum absolute atomic E-state index is 0.145. The highest BCUT2D eigenvalue weighted by Crippen LogP contribution is 2.28. The zero-order chi connectivity index (χ0) is 21.5. The highest BCUT2D eigenvalue weighted by molar-refractivity contribution is 6.05. The summed E-state index contributed by atoms with van der Waals surface area (Å²) >= 11 is 0. The Kier molecular flexibility index (Phi) is 4.78. The summed E-state index contributed by atoms with van der Waals surface area (Å²) in [5.41, 5.74) is 4.58. The second-order valence-corrected chi connectivity index (χ2v) is 7.85. The standard InChI is InChI=1S/C23H21FN4O3/c1-27-10-16-11-28(20-4-6-25-9-19(20)24)7-5-18(16)21(23(27)30)22(29)26-17-3-2-14-12-31-13-15(14)8-17/h2-4,6,8-10H,5,7,11-13H2,1H3,(H,26,29). The number of anilines is 2. The molecule has 1 amide bonds. The molecule has 4 heterocycles. The molecule has 8 heteroatoms. The maximum Gasteiger partial charge on any atom is 0.263 e. The Bertz CT molecular complexity index is 1250. The second-order valence-electron chi connectivity index (χ2n) is 7.85. The molecule has 7 nitrogen and oxygen atoms in total. The molecule has 2 aliphatic rings. The molecule has 0 bridgehead atoms. The number of hydrogen-bond acceptors (Lipinski definition) is 5. The lowest BCUT2D eigenvalue weighted by Crippen LogP contribution is -2.37. The maximum atomic E-state index is 14.2. The van der Waals surface area contributed by atoms with E-state index in [1.54, 1.807) is 25.5 Å². The largest absolute Gasteiger partial charge is 0.372 e. The van der Waals surface area contributed by atoms with Crippen molar-refractivity contribution in [2.24, 2.45) is 7.05 Å². The number of halogens is 1. The van der Waals surface area contributed by atoms with E-state index in [1.165, 1.54) is 10.8 Å². The quantitative estimate of drug-likeness (QED) is 0.705. The van der Waals surface area contributed by atoms with E-state index >= 15 is 0 Å². The van der Waals surface area contributed by atoms with Crippen molar-refractivity contribution in [3.63, 3.8) is 0 Å². The van der Waals surface area contributed by atoms with Crippen molar-refractivity contribution >= 4 is 17.3 Å². The van der Waals surface area contributed by atoms with Crippen molar-refractivity contribution in [1.29, 1.82) is 0 Å². The van der Waals surface area contributed by atoms with Gasteiger partial charge in [-0.1, -0.05) is 6.07 Å². The number of rotatable bonds is 3. The van der Waals surface area contributed by atoms with Gasteiger partial charge in [-0.15, -0.1) is 0 Å². The molecule has 0 aliphatic carbocycles. The van der Waals surface area contributed by atoms with Crippen LogP contribution in [0.1, 0.15) is 32.6 Å². The van der Waals surface area contributed by atoms with Crippen LogP contribution in [-0.2, 0) is 38.0 Å². The number of amides is 1. The fourth-order valence-electron chi connectivity index (χ4n) is 4.30. The van der Waals surface area contributed by atoms with Crippen LogP contribution >= 0.6 is 0 Å². The molecule has 0 saturated carbocycles. The summed E-state index contributed by atoms with van der Waals surface area (Å²) < 4.78 is 21.0. The van der Waals surface area contributed by atoms with Crippen molar-refractivity contribution in [2.45, 2.75) is 26.2 Å². The third kappa shape index (κ3) is 3.48. The van der Waals surface area contributed by atoms with Crippen LogP contribution in [0.4, 0.5) is 15.8 Å². The second kappa shape index (κ2) is 7.63. The minimum Gasteiger partial charge on any atom is -0.372 e. The molecule has 158 valence electrons. The fourth-order valence-corrected chi connectivity index (χ4v) is 4.30. The van der Waals surface area contributed by atoms with E-state index in [0.29, 0.717) is 44.1 Å². The zero-order valence-corrected chi connectivity index (χ0v) is 17.0. The first-order valence-electron chi connectivity index (χ1n) is 10.1. The lowest BCUT2D eigenvalue weighted by Gasteiger charge is -2.32. The number of ether oxygens (including phenoxy) is 1.